The zero-order valence-corrected chi connectivity index (χ0v) is 13.6. The van der Waals surface area contributed by atoms with Crippen LogP contribution in [0.15, 0.2) is 48.6 Å². The first-order valence-electron chi connectivity index (χ1n) is 8.03. The third-order valence-electron chi connectivity index (χ3n) is 3.04. The van der Waals surface area contributed by atoms with E-state index in [1.807, 2.05) is 18.2 Å². The molecule has 0 bridgehead atoms. The fourth-order valence-corrected chi connectivity index (χ4v) is 1.81. The van der Waals surface area contributed by atoms with Gasteiger partial charge in [-0.3, -0.25) is 4.79 Å². The zero-order chi connectivity index (χ0) is 15.6. The molecule has 0 N–H and O–H groups in total. The Morgan fingerprint density at radius 3 is 2.05 bits per heavy atom. The molecule has 0 atom stereocenters. The van der Waals surface area contributed by atoms with E-state index in [2.05, 4.69) is 42.0 Å². The number of esters is 1. The smallest absolute Gasteiger partial charge is 0.305 e. The number of carbonyl (C=O) groups is 1. The van der Waals surface area contributed by atoms with E-state index in [0.717, 1.165) is 25.7 Å². The summed E-state index contributed by atoms with van der Waals surface area (Å²) in [5.74, 6) is -0.0936. The Morgan fingerprint density at radius 1 is 0.810 bits per heavy atom. The van der Waals surface area contributed by atoms with Gasteiger partial charge in [-0.25, -0.2) is 0 Å². The third kappa shape index (κ3) is 16.4. The highest BCUT2D eigenvalue weighted by molar-refractivity contribution is 5.68. The molecule has 0 aliphatic heterocycles. The van der Waals surface area contributed by atoms with Crippen molar-refractivity contribution in [1.82, 2.24) is 0 Å². The number of unbranched alkanes of at least 4 members (excludes halogenated alkanes) is 5. The largest absolute Gasteiger partial charge is 0.469 e. The van der Waals surface area contributed by atoms with Crippen LogP contribution in [0, 0.1) is 0 Å². The van der Waals surface area contributed by atoms with Crippen molar-refractivity contribution in [3.8, 4) is 0 Å². The molecule has 0 fully saturated rings. The lowest BCUT2D eigenvalue weighted by Crippen LogP contribution is -1.98. The van der Waals surface area contributed by atoms with E-state index in [0.29, 0.717) is 6.42 Å². The third-order valence-corrected chi connectivity index (χ3v) is 3.04. The standard InChI is InChI=1S/C19H30O2/c1-3-4-5-6-7-8-9-10-11-12-13-14-15-16-17-18-19(20)21-2/h4-11H,3,12-18H2,1-2H3/b5-4+,7-6+,9-8-,11-10-. The van der Waals surface area contributed by atoms with Crippen molar-refractivity contribution in [2.75, 3.05) is 7.11 Å². The topological polar surface area (TPSA) is 26.3 Å². The Labute approximate surface area is 130 Å². The summed E-state index contributed by atoms with van der Waals surface area (Å²) in [6, 6.07) is 0. The number of hydrogen-bond donors (Lipinski definition) is 0. The fraction of sp³-hybridized carbons (Fsp3) is 0.526. The van der Waals surface area contributed by atoms with Crippen LogP contribution in [0.3, 0.4) is 0 Å². The van der Waals surface area contributed by atoms with Crippen molar-refractivity contribution in [3.63, 3.8) is 0 Å². The zero-order valence-electron chi connectivity index (χ0n) is 13.6. The summed E-state index contributed by atoms with van der Waals surface area (Å²) < 4.78 is 4.61. The van der Waals surface area contributed by atoms with Crippen LogP contribution in [0.2, 0.25) is 0 Å². The summed E-state index contributed by atoms with van der Waals surface area (Å²) in [4.78, 5) is 10.9. The fourth-order valence-electron chi connectivity index (χ4n) is 1.81. The van der Waals surface area contributed by atoms with Crippen molar-refractivity contribution >= 4 is 5.97 Å². The van der Waals surface area contributed by atoms with Crippen molar-refractivity contribution in [2.45, 2.75) is 58.3 Å². The van der Waals surface area contributed by atoms with Gasteiger partial charge in [-0.15, -0.1) is 0 Å². The summed E-state index contributed by atoms with van der Waals surface area (Å²) in [6.07, 6.45) is 25.2. The van der Waals surface area contributed by atoms with Gasteiger partial charge in [0.15, 0.2) is 0 Å². The first-order valence-corrected chi connectivity index (χ1v) is 8.03. The summed E-state index contributed by atoms with van der Waals surface area (Å²) in [5, 5.41) is 0. The molecule has 0 aliphatic carbocycles. The molecule has 0 aromatic rings. The molecule has 2 heteroatoms. The van der Waals surface area contributed by atoms with Crippen LogP contribution in [0.5, 0.6) is 0 Å². The number of allylic oxidation sites excluding steroid dienone is 8. The van der Waals surface area contributed by atoms with Crippen LogP contribution in [-0.2, 0) is 9.53 Å². The van der Waals surface area contributed by atoms with Crippen LogP contribution >= 0.6 is 0 Å². The highest BCUT2D eigenvalue weighted by atomic mass is 16.5. The van der Waals surface area contributed by atoms with Crippen LogP contribution in [0.1, 0.15) is 58.3 Å². The van der Waals surface area contributed by atoms with Gasteiger partial charge in [0.2, 0.25) is 0 Å². The molecule has 0 saturated carbocycles. The van der Waals surface area contributed by atoms with Crippen LogP contribution in [0.25, 0.3) is 0 Å². The maximum absolute atomic E-state index is 10.9. The van der Waals surface area contributed by atoms with Crippen molar-refractivity contribution in [2.24, 2.45) is 0 Å². The summed E-state index contributed by atoms with van der Waals surface area (Å²) in [6.45, 7) is 2.13. The number of hydrogen-bond acceptors (Lipinski definition) is 2. The molecule has 21 heavy (non-hydrogen) atoms. The Balaban J connectivity index is 3.36. The van der Waals surface area contributed by atoms with Gasteiger partial charge in [0.1, 0.15) is 0 Å². The highest BCUT2D eigenvalue weighted by Gasteiger charge is 1.98. The molecule has 0 unspecified atom stereocenters. The highest BCUT2D eigenvalue weighted by Crippen LogP contribution is 2.08. The van der Waals surface area contributed by atoms with E-state index >= 15 is 0 Å². The maximum Gasteiger partial charge on any atom is 0.305 e. The van der Waals surface area contributed by atoms with Crippen LogP contribution in [0.4, 0.5) is 0 Å². The van der Waals surface area contributed by atoms with E-state index in [1.165, 1.54) is 26.4 Å². The Kier molecular flexibility index (Phi) is 15.3. The minimum absolute atomic E-state index is 0.0936. The second kappa shape index (κ2) is 16.5. The first kappa shape index (κ1) is 19.4. The molecular weight excluding hydrogens is 260 g/mol. The molecule has 0 aromatic heterocycles. The number of methoxy groups -OCH3 is 1. The van der Waals surface area contributed by atoms with E-state index < -0.39 is 0 Å². The molecule has 0 aliphatic rings. The minimum Gasteiger partial charge on any atom is -0.469 e. The normalized spacial score (nSPS) is 12.3. The van der Waals surface area contributed by atoms with Gasteiger partial charge in [0.05, 0.1) is 7.11 Å². The second-order valence-electron chi connectivity index (χ2n) is 4.92. The summed E-state index contributed by atoms with van der Waals surface area (Å²) in [7, 11) is 1.45. The van der Waals surface area contributed by atoms with Crippen LogP contribution in [-0.4, -0.2) is 13.1 Å². The molecule has 0 radical (unpaired) electrons. The minimum atomic E-state index is -0.0936. The molecular formula is C19H30O2. The van der Waals surface area contributed by atoms with Gasteiger partial charge in [-0.2, -0.15) is 0 Å². The quantitative estimate of drug-likeness (QED) is 0.268. The van der Waals surface area contributed by atoms with Crippen molar-refractivity contribution < 1.29 is 9.53 Å². The molecule has 0 heterocycles. The van der Waals surface area contributed by atoms with E-state index in [9.17, 15) is 4.79 Å². The lowest BCUT2D eigenvalue weighted by molar-refractivity contribution is -0.140. The number of ether oxygens (including phenoxy) is 1. The SMILES string of the molecule is CC/C=C/C=C/C=C\C=C/CCCCCCCC(=O)OC. The lowest BCUT2D eigenvalue weighted by atomic mass is 10.1. The van der Waals surface area contributed by atoms with E-state index in [-0.39, 0.29) is 5.97 Å². The lowest BCUT2D eigenvalue weighted by Gasteiger charge is -1.99. The van der Waals surface area contributed by atoms with Crippen LogP contribution < -0.4 is 0 Å². The van der Waals surface area contributed by atoms with Gasteiger partial charge < -0.3 is 4.74 Å². The predicted molar refractivity (Wildman–Crippen MR) is 91.2 cm³/mol. The van der Waals surface area contributed by atoms with Gasteiger partial charge in [0, 0.05) is 6.42 Å². The summed E-state index contributed by atoms with van der Waals surface area (Å²) >= 11 is 0. The van der Waals surface area contributed by atoms with Crippen molar-refractivity contribution in [3.05, 3.63) is 48.6 Å². The van der Waals surface area contributed by atoms with Gasteiger partial charge >= 0.3 is 5.97 Å². The molecule has 0 saturated heterocycles. The van der Waals surface area contributed by atoms with Crippen molar-refractivity contribution in [1.29, 1.82) is 0 Å². The average molecular weight is 290 g/mol. The molecule has 0 spiro atoms. The van der Waals surface area contributed by atoms with E-state index in [1.54, 1.807) is 0 Å². The number of carbonyl (C=O) groups excluding carboxylic acids is 1. The van der Waals surface area contributed by atoms with E-state index in [4.69, 9.17) is 0 Å². The van der Waals surface area contributed by atoms with Gasteiger partial charge in [0.25, 0.3) is 0 Å². The molecule has 0 amide bonds. The second-order valence-corrected chi connectivity index (χ2v) is 4.92. The maximum atomic E-state index is 10.9. The average Bonchev–Trinajstić information content (AvgIpc) is 2.50. The Morgan fingerprint density at radius 2 is 1.38 bits per heavy atom. The monoisotopic (exact) mass is 290 g/mol. The first-order chi connectivity index (χ1) is 10.3. The molecule has 118 valence electrons. The molecule has 0 aromatic carbocycles. The number of rotatable bonds is 12. The summed E-state index contributed by atoms with van der Waals surface area (Å²) in [5.41, 5.74) is 0. The predicted octanol–water partition coefficient (Wildman–Crippen LogP) is 5.52. The molecule has 2 nitrogen and oxygen atoms in total. The Hall–Kier alpha value is -1.57. The van der Waals surface area contributed by atoms with Gasteiger partial charge in [-0.05, 0) is 25.7 Å². The Bertz CT molecular complexity index is 349. The molecule has 0 rings (SSSR count). The van der Waals surface area contributed by atoms with Gasteiger partial charge in [-0.1, -0.05) is 74.8 Å².